The van der Waals surface area contributed by atoms with Crippen LogP contribution in [0, 0.1) is 6.92 Å². The number of aryl methyl sites for hydroxylation is 1. The minimum absolute atomic E-state index is 0.445. The Morgan fingerprint density at radius 2 is 2.18 bits per heavy atom. The van der Waals surface area contributed by atoms with Crippen molar-refractivity contribution >= 4 is 5.91 Å². The third-order valence-corrected chi connectivity index (χ3v) is 2.65. The first-order chi connectivity index (χ1) is 8.18. The number of rotatable bonds is 3. The lowest BCUT2D eigenvalue weighted by molar-refractivity contribution is 0.0999. The van der Waals surface area contributed by atoms with E-state index in [2.05, 4.69) is 9.97 Å². The quantitative estimate of drug-likeness (QED) is 0.863. The average Bonchev–Trinajstić information content (AvgIpc) is 2.32. The Bertz CT molecular complexity index is 552. The maximum atomic E-state index is 11.3. The summed E-state index contributed by atoms with van der Waals surface area (Å²) in [5, 5.41) is 0. The number of hydrogen-bond acceptors (Lipinski definition) is 3. The number of nitrogens with two attached hydrogens (primary N) is 1. The highest BCUT2D eigenvalue weighted by Gasteiger charge is 2.10. The van der Waals surface area contributed by atoms with Crippen molar-refractivity contribution in [3.8, 4) is 0 Å². The molecule has 0 aliphatic heterocycles. The van der Waals surface area contributed by atoms with Crippen LogP contribution >= 0.6 is 0 Å². The fraction of sp³-hybridized carbons (Fsp3) is 0.154. The highest BCUT2D eigenvalue weighted by atomic mass is 16.1. The summed E-state index contributed by atoms with van der Waals surface area (Å²) in [7, 11) is 0. The Balaban J connectivity index is 2.37. The summed E-state index contributed by atoms with van der Waals surface area (Å²) in [4.78, 5) is 19.5. The Hall–Kier alpha value is -2.23. The van der Waals surface area contributed by atoms with Gasteiger partial charge in [-0.3, -0.25) is 14.8 Å². The topological polar surface area (TPSA) is 68.9 Å². The summed E-state index contributed by atoms with van der Waals surface area (Å²) >= 11 is 0. The molecule has 2 aromatic heterocycles. The minimum atomic E-state index is -0.445. The van der Waals surface area contributed by atoms with Crippen LogP contribution in [0.2, 0.25) is 0 Å². The van der Waals surface area contributed by atoms with Crippen molar-refractivity contribution in [1.29, 1.82) is 0 Å². The summed E-state index contributed by atoms with van der Waals surface area (Å²) in [6.07, 6.45) is 5.78. The van der Waals surface area contributed by atoms with Gasteiger partial charge in [0.15, 0.2) is 0 Å². The molecule has 0 unspecified atom stereocenters. The fourth-order valence-corrected chi connectivity index (χ4v) is 1.68. The van der Waals surface area contributed by atoms with Crippen molar-refractivity contribution in [2.75, 3.05) is 0 Å². The molecule has 0 aliphatic rings. The van der Waals surface area contributed by atoms with Crippen molar-refractivity contribution < 1.29 is 4.79 Å². The van der Waals surface area contributed by atoms with E-state index < -0.39 is 5.91 Å². The Labute approximate surface area is 99.5 Å². The van der Waals surface area contributed by atoms with E-state index >= 15 is 0 Å². The normalized spacial score (nSPS) is 10.2. The maximum absolute atomic E-state index is 11.3. The standard InChI is InChI=1S/C13H13N3O/c1-9-8-15-6-4-10(9)7-12-11(13(14)17)3-2-5-16-12/h2-6,8H,7H2,1H3,(H2,14,17). The van der Waals surface area contributed by atoms with E-state index in [1.165, 1.54) is 0 Å². The van der Waals surface area contributed by atoms with E-state index in [1.54, 1.807) is 30.7 Å². The van der Waals surface area contributed by atoms with Gasteiger partial charge in [-0.15, -0.1) is 0 Å². The number of pyridine rings is 2. The molecule has 2 rings (SSSR count). The van der Waals surface area contributed by atoms with Gasteiger partial charge < -0.3 is 5.73 Å². The van der Waals surface area contributed by atoms with Gasteiger partial charge in [-0.1, -0.05) is 0 Å². The van der Waals surface area contributed by atoms with E-state index in [4.69, 9.17) is 5.73 Å². The van der Waals surface area contributed by atoms with Crippen molar-refractivity contribution in [3.05, 3.63) is 59.2 Å². The second kappa shape index (κ2) is 4.74. The van der Waals surface area contributed by atoms with Gasteiger partial charge in [0.1, 0.15) is 0 Å². The lowest BCUT2D eigenvalue weighted by Gasteiger charge is -2.07. The molecule has 0 atom stereocenters. The van der Waals surface area contributed by atoms with Crippen molar-refractivity contribution in [3.63, 3.8) is 0 Å². The molecule has 0 radical (unpaired) electrons. The Kier molecular flexibility index (Phi) is 3.14. The molecule has 0 saturated heterocycles. The van der Waals surface area contributed by atoms with Gasteiger partial charge in [0.2, 0.25) is 0 Å². The third-order valence-electron chi connectivity index (χ3n) is 2.65. The zero-order valence-corrected chi connectivity index (χ0v) is 9.55. The minimum Gasteiger partial charge on any atom is -0.366 e. The molecular weight excluding hydrogens is 214 g/mol. The number of primary amides is 1. The van der Waals surface area contributed by atoms with Crippen LogP contribution in [0.3, 0.4) is 0 Å². The predicted molar refractivity (Wildman–Crippen MR) is 64.5 cm³/mol. The molecule has 0 spiro atoms. The molecule has 2 N–H and O–H groups in total. The summed E-state index contributed by atoms with van der Waals surface area (Å²) in [5.74, 6) is -0.445. The lowest BCUT2D eigenvalue weighted by atomic mass is 10.0. The van der Waals surface area contributed by atoms with Gasteiger partial charge in [0.05, 0.1) is 11.3 Å². The number of aromatic nitrogens is 2. The van der Waals surface area contributed by atoms with Crippen molar-refractivity contribution in [1.82, 2.24) is 9.97 Å². The smallest absolute Gasteiger partial charge is 0.250 e. The summed E-state index contributed by atoms with van der Waals surface area (Å²) in [5.41, 5.74) is 8.67. The third kappa shape index (κ3) is 2.47. The molecule has 4 nitrogen and oxygen atoms in total. The molecule has 0 aliphatic carbocycles. The summed E-state index contributed by atoms with van der Waals surface area (Å²) in [6, 6.07) is 5.33. The first kappa shape index (κ1) is 11.3. The molecule has 2 aromatic rings. The van der Waals surface area contributed by atoms with Crippen molar-refractivity contribution in [2.24, 2.45) is 5.73 Å². The second-order valence-electron chi connectivity index (χ2n) is 3.84. The van der Waals surface area contributed by atoms with E-state index in [0.29, 0.717) is 17.7 Å². The average molecular weight is 227 g/mol. The molecule has 4 heteroatoms. The Morgan fingerprint density at radius 1 is 1.35 bits per heavy atom. The second-order valence-corrected chi connectivity index (χ2v) is 3.84. The predicted octanol–water partition coefficient (Wildman–Crippen LogP) is 1.47. The van der Waals surface area contributed by atoms with Crippen LogP contribution in [0.1, 0.15) is 27.2 Å². The molecule has 0 bridgehead atoms. The van der Waals surface area contributed by atoms with Gasteiger partial charge in [0.25, 0.3) is 5.91 Å². The fourth-order valence-electron chi connectivity index (χ4n) is 1.68. The van der Waals surface area contributed by atoms with Gasteiger partial charge in [-0.25, -0.2) is 0 Å². The van der Waals surface area contributed by atoms with E-state index in [-0.39, 0.29) is 0 Å². The maximum Gasteiger partial charge on any atom is 0.250 e. The zero-order chi connectivity index (χ0) is 12.3. The number of hydrogen-bond donors (Lipinski definition) is 1. The van der Waals surface area contributed by atoms with Crippen LogP contribution in [0.5, 0.6) is 0 Å². The van der Waals surface area contributed by atoms with Gasteiger partial charge in [0, 0.05) is 25.0 Å². The van der Waals surface area contributed by atoms with E-state index in [0.717, 1.165) is 11.1 Å². The molecule has 2 heterocycles. The number of amides is 1. The van der Waals surface area contributed by atoms with Gasteiger partial charge in [-0.05, 0) is 36.2 Å². The summed E-state index contributed by atoms with van der Waals surface area (Å²) < 4.78 is 0. The lowest BCUT2D eigenvalue weighted by Crippen LogP contribution is -2.15. The van der Waals surface area contributed by atoms with Crippen LogP contribution in [-0.4, -0.2) is 15.9 Å². The van der Waals surface area contributed by atoms with Crippen LogP contribution in [-0.2, 0) is 6.42 Å². The SMILES string of the molecule is Cc1cnccc1Cc1ncccc1C(N)=O. The molecule has 86 valence electrons. The largest absolute Gasteiger partial charge is 0.366 e. The zero-order valence-electron chi connectivity index (χ0n) is 9.55. The number of carbonyl (C=O) groups excluding carboxylic acids is 1. The highest BCUT2D eigenvalue weighted by Crippen LogP contribution is 2.13. The monoisotopic (exact) mass is 227 g/mol. The van der Waals surface area contributed by atoms with Gasteiger partial charge >= 0.3 is 0 Å². The van der Waals surface area contributed by atoms with Crippen LogP contribution in [0.25, 0.3) is 0 Å². The van der Waals surface area contributed by atoms with Crippen LogP contribution in [0.15, 0.2) is 36.8 Å². The molecule has 0 aromatic carbocycles. The number of carbonyl (C=O) groups is 1. The molecule has 17 heavy (non-hydrogen) atoms. The molecular formula is C13H13N3O. The van der Waals surface area contributed by atoms with E-state index in [9.17, 15) is 4.79 Å². The first-order valence-corrected chi connectivity index (χ1v) is 5.31. The summed E-state index contributed by atoms with van der Waals surface area (Å²) in [6.45, 7) is 1.98. The van der Waals surface area contributed by atoms with E-state index in [1.807, 2.05) is 13.0 Å². The van der Waals surface area contributed by atoms with Crippen LogP contribution in [0.4, 0.5) is 0 Å². The van der Waals surface area contributed by atoms with Crippen molar-refractivity contribution in [2.45, 2.75) is 13.3 Å². The van der Waals surface area contributed by atoms with Crippen LogP contribution < -0.4 is 5.73 Å². The van der Waals surface area contributed by atoms with Gasteiger partial charge in [-0.2, -0.15) is 0 Å². The number of nitrogens with zero attached hydrogens (tertiary/aromatic N) is 2. The first-order valence-electron chi connectivity index (χ1n) is 5.31. The molecule has 1 amide bonds. The molecule has 0 saturated carbocycles. The molecule has 0 fully saturated rings. The highest BCUT2D eigenvalue weighted by molar-refractivity contribution is 5.93. The Morgan fingerprint density at radius 3 is 2.88 bits per heavy atom.